The third-order valence-electron chi connectivity index (χ3n) is 6.47. The number of nitrogens with zero attached hydrogens (tertiary/aromatic N) is 4. The topological polar surface area (TPSA) is 157 Å². The van der Waals surface area contributed by atoms with Gasteiger partial charge >= 0.3 is 18.0 Å². The van der Waals surface area contributed by atoms with Crippen molar-refractivity contribution in [2.45, 2.75) is 59.1 Å². The zero-order chi connectivity index (χ0) is 33.0. The second-order valence-electron chi connectivity index (χ2n) is 11.1. The van der Waals surface area contributed by atoms with E-state index in [2.05, 4.69) is 15.3 Å². The molecule has 1 aliphatic rings. The molecular formula is C32H41N5O8. The molecule has 0 aliphatic carbocycles. The van der Waals surface area contributed by atoms with Crippen LogP contribution < -0.4 is 5.32 Å². The number of benzene rings is 1. The Kier molecular flexibility index (Phi) is 12.6. The van der Waals surface area contributed by atoms with Crippen LogP contribution in [0.4, 0.5) is 4.79 Å². The van der Waals surface area contributed by atoms with Gasteiger partial charge in [0.05, 0.1) is 18.9 Å². The molecule has 1 aromatic heterocycles. The highest BCUT2D eigenvalue weighted by Crippen LogP contribution is 2.18. The molecule has 0 radical (unpaired) electrons. The van der Waals surface area contributed by atoms with Gasteiger partial charge in [-0.1, -0.05) is 30.3 Å². The summed E-state index contributed by atoms with van der Waals surface area (Å²) in [6.07, 6.45) is 2.01. The van der Waals surface area contributed by atoms with Crippen LogP contribution in [0.2, 0.25) is 0 Å². The smallest absolute Gasteiger partial charge is 0.409 e. The van der Waals surface area contributed by atoms with Crippen LogP contribution in [-0.2, 0) is 28.6 Å². The molecule has 3 rings (SSSR count). The molecule has 1 atom stereocenters. The second kappa shape index (κ2) is 16.3. The van der Waals surface area contributed by atoms with E-state index in [9.17, 15) is 24.0 Å². The molecule has 1 N–H and O–H groups in total. The monoisotopic (exact) mass is 623 g/mol. The van der Waals surface area contributed by atoms with Crippen molar-refractivity contribution >= 4 is 35.9 Å². The van der Waals surface area contributed by atoms with Crippen LogP contribution in [0.5, 0.6) is 0 Å². The minimum absolute atomic E-state index is 0.0240. The first-order chi connectivity index (χ1) is 21.4. The van der Waals surface area contributed by atoms with Crippen molar-refractivity contribution in [1.29, 1.82) is 0 Å². The number of carbonyl (C=O) groups is 5. The highest BCUT2D eigenvalue weighted by Gasteiger charge is 2.32. The lowest BCUT2D eigenvalue weighted by molar-refractivity contribution is -0.155. The summed E-state index contributed by atoms with van der Waals surface area (Å²) in [7, 11) is 0. The Hall–Kier alpha value is -4.81. The molecule has 0 spiro atoms. The van der Waals surface area contributed by atoms with Crippen LogP contribution >= 0.6 is 0 Å². The summed E-state index contributed by atoms with van der Waals surface area (Å²) >= 11 is 0. The minimum Gasteiger partial charge on any atom is -0.463 e. The van der Waals surface area contributed by atoms with Crippen molar-refractivity contribution in [2.75, 3.05) is 39.4 Å². The molecule has 0 unspecified atom stereocenters. The quantitative estimate of drug-likeness (QED) is 0.224. The average Bonchev–Trinajstić information content (AvgIpc) is 3.01. The van der Waals surface area contributed by atoms with Gasteiger partial charge < -0.3 is 29.3 Å². The van der Waals surface area contributed by atoms with Crippen LogP contribution in [0, 0.1) is 0 Å². The van der Waals surface area contributed by atoms with Gasteiger partial charge in [0.25, 0.3) is 5.91 Å². The SMILES string of the molecule is CCOC(=O)C=Cc1cc(C(=O)N[C@@H](CCC(=O)OC(C)(C)C)C(=O)N2CCN(C(=O)OCC)CC2)nc(-c2ccccc2)n1. The number of rotatable bonds is 11. The predicted molar refractivity (Wildman–Crippen MR) is 165 cm³/mol. The summed E-state index contributed by atoms with van der Waals surface area (Å²) in [5.74, 6) is -1.93. The first kappa shape index (κ1) is 34.7. The Morgan fingerprint density at radius 3 is 2.20 bits per heavy atom. The van der Waals surface area contributed by atoms with E-state index in [1.165, 1.54) is 23.1 Å². The number of carbonyl (C=O) groups excluding carboxylic acids is 5. The van der Waals surface area contributed by atoms with Crippen LogP contribution in [0.25, 0.3) is 17.5 Å². The molecule has 45 heavy (non-hydrogen) atoms. The van der Waals surface area contributed by atoms with Crippen molar-refractivity contribution in [3.05, 3.63) is 53.9 Å². The molecule has 0 bridgehead atoms. The van der Waals surface area contributed by atoms with Crippen LogP contribution in [0.3, 0.4) is 0 Å². The molecule has 2 aromatic rings. The average molecular weight is 624 g/mol. The van der Waals surface area contributed by atoms with Gasteiger partial charge in [-0.05, 0) is 53.2 Å². The largest absolute Gasteiger partial charge is 0.463 e. The van der Waals surface area contributed by atoms with E-state index >= 15 is 0 Å². The zero-order valence-electron chi connectivity index (χ0n) is 26.4. The van der Waals surface area contributed by atoms with Crippen molar-refractivity contribution in [3.63, 3.8) is 0 Å². The molecule has 0 saturated carbocycles. The van der Waals surface area contributed by atoms with Gasteiger partial charge in [-0.3, -0.25) is 14.4 Å². The summed E-state index contributed by atoms with van der Waals surface area (Å²) in [4.78, 5) is 75.9. The summed E-state index contributed by atoms with van der Waals surface area (Å²) in [5.41, 5.74) is 0.143. The number of nitrogens with one attached hydrogen (secondary N) is 1. The second-order valence-corrected chi connectivity index (χ2v) is 11.1. The minimum atomic E-state index is -1.09. The number of esters is 2. The summed E-state index contributed by atoms with van der Waals surface area (Å²) in [6, 6.07) is 9.28. The van der Waals surface area contributed by atoms with Crippen molar-refractivity contribution in [2.24, 2.45) is 0 Å². The Bertz CT molecular complexity index is 1380. The fourth-order valence-electron chi connectivity index (χ4n) is 4.42. The maximum absolute atomic E-state index is 13.7. The number of piperazine rings is 1. The molecule has 1 fully saturated rings. The molecule has 3 amide bonds. The molecule has 13 nitrogen and oxygen atoms in total. The number of hydrogen-bond donors (Lipinski definition) is 1. The van der Waals surface area contributed by atoms with Crippen LogP contribution in [0.1, 0.15) is 63.6 Å². The highest BCUT2D eigenvalue weighted by molar-refractivity contribution is 5.97. The molecular weight excluding hydrogens is 582 g/mol. The van der Waals surface area contributed by atoms with E-state index in [0.29, 0.717) is 5.56 Å². The number of amides is 3. The normalized spacial score (nSPS) is 14.1. The summed E-state index contributed by atoms with van der Waals surface area (Å²) < 4.78 is 15.4. The van der Waals surface area contributed by atoms with Gasteiger partial charge in [0, 0.05) is 44.2 Å². The van der Waals surface area contributed by atoms with Crippen molar-refractivity contribution < 1.29 is 38.2 Å². The third kappa shape index (κ3) is 11.0. The maximum Gasteiger partial charge on any atom is 0.409 e. The van der Waals surface area contributed by atoms with Crippen molar-refractivity contribution in [1.82, 2.24) is 25.1 Å². The Balaban J connectivity index is 1.86. The summed E-state index contributed by atoms with van der Waals surface area (Å²) in [5, 5.41) is 2.74. The highest BCUT2D eigenvalue weighted by atomic mass is 16.6. The van der Waals surface area contributed by atoms with Gasteiger partial charge in [0.1, 0.15) is 17.3 Å². The number of hydrogen-bond acceptors (Lipinski definition) is 10. The lowest BCUT2D eigenvalue weighted by Gasteiger charge is -2.36. The molecule has 13 heteroatoms. The van der Waals surface area contributed by atoms with Crippen molar-refractivity contribution in [3.8, 4) is 11.4 Å². The molecule has 1 aromatic carbocycles. The van der Waals surface area contributed by atoms with E-state index in [-0.39, 0.29) is 69.4 Å². The van der Waals surface area contributed by atoms with E-state index in [1.807, 2.05) is 6.07 Å². The Morgan fingerprint density at radius 2 is 1.58 bits per heavy atom. The van der Waals surface area contributed by atoms with Gasteiger partial charge in [0.2, 0.25) is 5.91 Å². The van der Waals surface area contributed by atoms with Gasteiger partial charge in [0.15, 0.2) is 5.82 Å². The fourth-order valence-corrected chi connectivity index (χ4v) is 4.42. The molecule has 1 aliphatic heterocycles. The predicted octanol–water partition coefficient (Wildman–Crippen LogP) is 3.24. The maximum atomic E-state index is 13.7. The van der Waals surface area contributed by atoms with Gasteiger partial charge in [-0.25, -0.2) is 19.6 Å². The lowest BCUT2D eigenvalue weighted by atomic mass is 10.1. The van der Waals surface area contributed by atoms with Gasteiger partial charge in [-0.2, -0.15) is 0 Å². The van der Waals surface area contributed by atoms with E-state index < -0.39 is 41.5 Å². The molecule has 2 heterocycles. The lowest BCUT2D eigenvalue weighted by Crippen LogP contribution is -2.56. The van der Waals surface area contributed by atoms with Gasteiger partial charge in [-0.15, -0.1) is 0 Å². The van der Waals surface area contributed by atoms with Crippen LogP contribution in [-0.4, -0.2) is 101 Å². The Labute approximate surface area is 262 Å². The standard InChI is InChI=1S/C32H41N5O8/c1-6-43-26(38)15-13-23-21-25(34-28(33-23)22-11-9-8-10-12-22)29(40)35-24(14-16-27(39)45-32(3,4)5)30(41)36-17-19-37(20-18-36)31(42)44-7-2/h8-13,15,21,24H,6-7,14,16-20H2,1-5H3,(H,35,40)/t24-/m0/s1. The Morgan fingerprint density at radius 1 is 0.933 bits per heavy atom. The zero-order valence-corrected chi connectivity index (χ0v) is 26.4. The molecule has 242 valence electrons. The number of ether oxygens (including phenoxy) is 3. The van der Waals surface area contributed by atoms with E-state index in [1.54, 1.807) is 63.8 Å². The summed E-state index contributed by atoms with van der Waals surface area (Å²) in [6.45, 7) is 10.1. The fraction of sp³-hybridized carbons (Fsp3) is 0.469. The van der Waals surface area contributed by atoms with E-state index in [0.717, 1.165) is 0 Å². The first-order valence-corrected chi connectivity index (χ1v) is 14.9. The number of aromatic nitrogens is 2. The van der Waals surface area contributed by atoms with Crippen LogP contribution in [0.15, 0.2) is 42.5 Å². The third-order valence-corrected chi connectivity index (χ3v) is 6.47. The van der Waals surface area contributed by atoms with E-state index in [4.69, 9.17) is 14.2 Å². The first-order valence-electron chi connectivity index (χ1n) is 14.9. The molecule has 1 saturated heterocycles.